The van der Waals surface area contributed by atoms with E-state index in [2.05, 4.69) is 21.1 Å². The van der Waals surface area contributed by atoms with E-state index in [4.69, 9.17) is 15.0 Å². The maximum atomic E-state index is 12.6. The molecule has 136 valence electrons. The second-order valence-corrected chi connectivity index (χ2v) is 6.87. The molecule has 1 saturated heterocycles. The van der Waals surface area contributed by atoms with Crippen molar-refractivity contribution in [1.29, 1.82) is 0 Å². The highest BCUT2D eigenvalue weighted by atomic mass is 79.9. The van der Waals surface area contributed by atoms with E-state index in [1.54, 1.807) is 18.2 Å². The number of rotatable bonds is 4. The van der Waals surface area contributed by atoms with Crippen molar-refractivity contribution in [2.45, 2.75) is 32.4 Å². The number of ether oxygens (including phenoxy) is 1. The van der Waals surface area contributed by atoms with Crippen LogP contribution in [0.25, 0.3) is 0 Å². The fourth-order valence-corrected chi connectivity index (χ4v) is 3.26. The van der Waals surface area contributed by atoms with Gasteiger partial charge in [-0.2, -0.15) is 0 Å². The highest BCUT2D eigenvalue weighted by Gasteiger charge is 2.22. The van der Waals surface area contributed by atoms with Crippen LogP contribution >= 0.6 is 28.3 Å². The van der Waals surface area contributed by atoms with Crippen LogP contribution in [0.1, 0.15) is 34.7 Å². The number of aryl methyl sites for hydroxylation is 1. The molecule has 2 heterocycles. The molecule has 0 spiro atoms. The van der Waals surface area contributed by atoms with Crippen molar-refractivity contribution in [2.24, 2.45) is 5.73 Å². The van der Waals surface area contributed by atoms with Crippen molar-refractivity contribution >= 4 is 34.2 Å². The second-order valence-electron chi connectivity index (χ2n) is 6.02. The highest BCUT2D eigenvalue weighted by Crippen LogP contribution is 2.27. The van der Waals surface area contributed by atoms with Gasteiger partial charge >= 0.3 is 0 Å². The van der Waals surface area contributed by atoms with Gasteiger partial charge in [0, 0.05) is 30.8 Å². The van der Waals surface area contributed by atoms with Crippen LogP contribution in [0.5, 0.6) is 5.75 Å². The standard InChI is InChI=1S/C17H20BrN3O3.ClH/c1-11-7-14(20-24-11)10-23-16-5-4-12(8-15(16)18)17(22)21-6-2-3-13(19)9-21;/h4-5,7-8,13H,2-3,6,9-10,19H2,1H3;1H. The van der Waals surface area contributed by atoms with E-state index < -0.39 is 0 Å². The topological polar surface area (TPSA) is 81.6 Å². The lowest BCUT2D eigenvalue weighted by Crippen LogP contribution is -2.45. The zero-order valence-electron chi connectivity index (χ0n) is 13.9. The van der Waals surface area contributed by atoms with Crippen LogP contribution in [0.2, 0.25) is 0 Å². The maximum absolute atomic E-state index is 12.6. The Balaban J connectivity index is 0.00000225. The lowest BCUT2D eigenvalue weighted by Gasteiger charge is -2.30. The first-order valence-electron chi connectivity index (χ1n) is 7.92. The number of carbonyl (C=O) groups excluding carboxylic acids is 1. The summed E-state index contributed by atoms with van der Waals surface area (Å²) in [7, 11) is 0. The number of benzene rings is 1. The summed E-state index contributed by atoms with van der Waals surface area (Å²) in [5.74, 6) is 1.40. The van der Waals surface area contributed by atoms with Crippen LogP contribution in [0, 0.1) is 6.92 Å². The molecule has 0 radical (unpaired) electrons. The molecule has 1 aromatic carbocycles. The lowest BCUT2D eigenvalue weighted by atomic mass is 10.1. The first kappa shape index (κ1) is 19.8. The molecule has 2 aromatic rings. The molecule has 1 aromatic heterocycles. The first-order valence-corrected chi connectivity index (χ1v) is 8.71. The van der Waals surface area contributed by atoms with E-state index in [1.165, 1.54) is 0 Å². The van der Waals surface area contributed by atoms with Gasteiger partial charge in [-0.15, -0.1) is 12.4 Å². The fourth-order valence-electron chi connectivity index (χ4n) is 2.77. The summed E-state index contributed by atoms with van der Waals surface area (Å²) in [5, 5.41) is 3.89. The number of nitrogens with zero attached hydrogens (tertiary/aromatic N) is 2. The molecule has 6 nitrogen and oxygen atoms in total. The summed E-state index contributed by atoms with van der Waals surface area (Å²) >= 11 is 3.47. The zero-order valence-corrected chi connectivity index (χ0v) is 16.3. The smallest absolute Gasteiger partial charge is 0.253 e. The van der Waals surface area contributed by atoms with Crippen LogP contribution < -0.4 is 10.5 Å². The van der Waals surface area contributed by atoms with Crippen LogP contribution in [0.3, 0.4) is 0 Å². The Morgan fingerprint density at radius 3 is 2.92 bits per heavy atom. The Morgan fingerprint density at radius 2 is 2.28 bits per heavy atom. The van der Waals surface area contributed by atoms with Gasteiger partial charge < -0.3 is 19.9 Å². The van der Waals surface area contributed by atoms with Gasteiger partial charge in [0.15, 0.2) is 0 Å². The van der Waals surface area contributed by atoms with Gasteiger partial charge in [0.25, 0.3) is 5.91 Å². The summed E-state index contributed by atoms with van der Waals surface area (Å²) in [6, 6.07) is 7.24. The summed E-state index contributed by atoms with van der Waals surface area (Å²) in [4.78, 5) is 14.4. The van der Waals surface area contributed by atoms with Crippen LogP contribution in [0.15, 0.2) is 33.3 Å². The second kappa shape index (κ2) is 8.69. The summed E-state index contributed by atoms with van der Waals surface area (Å²) in [6.07, 6.45) is 1.92. The summed E-state index contributed by atoms with van der Waals surface area (Å²) in [5.41, 5.74) is 7.30. The Kier molecular flexibility index (Phi) is 6.87. The Hall–Kier alpha value is -1.57. The molecule has 1 aliphatic rings. The van der Waals surface area contributed by atoms with Crippen molar-refractivity contribution in [3.05, 3.63) is 45.8 Å². The fraction of sp³-hybridized carbons (Fsp3) is 0.412. The number of hydrogen-bond acceptors (Lipinski definition) is 5. The van der Waals surface area contributed by atoms with Crippen molar-refractivity contribution in [3.63, 3.8) is 0 Å². The third-order valence-electron chi connectivity index (χ3n) is 3.98. The van der Waals surface area contributed by atoms with Crippen LogP contribution in [-0.4, -0.2) is 35.1 Å². The summed E-state index contributed by atoms with van der Waals surface area (Å²) in [6.45, 7) is 3.51. The number of carbonyl (C=O) groups is 1. The predicted octanol–water partition coefficient (Wildman–Crippen LogP) is 3.31. The van der Waals surface area contributed by atoms with Crippen molar-refractivity contribution < 1.29 is 14.1 Å². The average Bonchev–Trinajstić information content (AvgIpc) is 2.98. The van der Waals surface area contributed by atoms with E-state index in [1.807, 2.05) is 17.9 Å². The minimum absolute atomic E-state index is 0. The third kappa shape index (κ3) is 4.96. The van der Waals surface area contributed by atoms with E-state index in [0.29, 0.717) is 24.5 Å². The molecular formula is C17H21BrClN3O3. The SMILES string of the molecule is Cc1cc(COc2ccc(C(=O)N3CCCC(N)C3)cc2Br)no1.Cl. The van der Waals surface area contributed by atoms with Crippen molar-refractivity contribution in [1.82, 2.24) is 10.1 Å². The molecule has 1 aliphatic heterocycles. The lowest BCUT2D eigenvalue weighted by molar-refractivity contribution is 0.0708. The molecule has 3 rings (SSSR count). The number of halogens is 2. The van der Waals surface area contributed by atoms with Gasteiger partial charge in [0.1, 0.15) is 23.8 Å². The van der Waals surface area contributed by atoms with Crippen molar-refractivity contribution in [3.8, 4) is 5.75 Å². The average molecular weight is 431 g/mol. The van der Waals surface area contributed by atoms with Crippen LogP contribution in [-0.2, 0) is 6.61 Å². The zero-order chi connectivity index (χ0) is 17.1. The molecule has 0 saturated carbocycles. The monoisotopic (exact) mass is 429 g/mol. The normalized spacial score (nSPS) is 17.1. The maximum Gasteiger partial charge on any atom is 0.253 e. The van der Waals surface area contributed by atoms with E-state index in [-0.39, 0.29) is 24.4 Å². The molecule has 0 aliphatic carbocycles. The van der Waals surface area contributed by atoms with E-state index >= 15 is 0 Å². The molecule has 1 atom stereocenters. The van der Waals surface area contributed by atoms with Gasteiger partial charge in [-0.25, -0.2) is 0 Å². The van der Waals surface area contributed by atoms with Gasteiger partial charge in [-0.1, -0.05) is 5.16 Å². The van der Waals surface area contributed by atoms with Gasteiger partial charge in [-0.05, 0) is 53.9 Å². The molecule has 0 bridgehead atoms. The molecule has 8 heteroatoms. The predicted molar refractivity (Wildman–Crippen MR) is 100 cm³/mol. The Bertz CT molecular complexity index is 738. The highest BCUT2D eigenvalue weighted by molar-refractivity contribution is 9.10. The number of likely N-dealkylation sites (tertiary alicyclic amines) is 1. The minimum Gasteiger partial charge on any atom is -0.486 e. The molecule has 25 heavy (non-hydrogen) atoms. The molecule has 2 N–H and O–H groups in total. The van der Waals surface area contributed by atoms with E-state index in [0.717, 1.165) is 35.3 Å². The Labute approximate surface area is 161 Å². The van der Waals surface area contributed by atoms with E-state index in [9.17, 15) is 4.79 Å². The van der Waals surface area contributed by atoms with Crippen LogP contribution in [0.4, 0.5) is 0 Å². The molecule has 1 unspecified atom stereocenters. The molecule has 1 fully saturated rings. The first-order chi connectivity index (χ1) is 11.5. The largest absolute Gasteiger partial charge is 0.486 e. The van der Waals surface area contributed by atoms with Gasteiger partial charge in [0.2, 0.25) is 0 Å². The summed E-state index contributed by atoms with van der Waals surface area (Å²) < 4.78 is 11.5. The quantitative estimate of drug-likeness (QED) is 0.805. The number of aromatic nitrogens is 1. The minimum atomic E-state index is 0. The third-order valence-corrected chi connectivity index (χ3v) is 4.60. The molecule has 1 amide bonds. The molecular weight excluding hydrogens is 410 g/mol. The van der Waals surface area contributed by atoms with Crippen molar-refractivity contribution in [2.75, 3.05) is 13.1 Å². The number of amides is 1. The number of nitrogens with two attached hydrogens (primary N) is 1. The Morgan fingerprint density at radius 1 is 1.48 bits per heavy atom. The van der Waals surface area contributed by atoms with Gasteiger partial charge in [0.05, 0.1) is 4.47 Å². The number of hydrogen-bond donors (Lipinski definition) is 1. The van der Waals surface area contributed by atoms with Gasteiger partial charge in [-0.3, -0.25) is 4.79 Å². The number of piperidine rings is 1.